The Morgan fingerprint density at radius 2 is 1.71 bits per heavy atom. The van der Waals surface area contributed by atoms with E-state index in [4.69, 9.17) is 33.7 Å². The Hall–Kier alpha value is -2.61. The molecule has 2 amide bonds. The maximum absolute atomic E-state index is 12.8. The zero-order chi connectivity index (χ0) is 26.0. The van der Waals surface area contributed by atoms with Crippen molar-refractivity contribution in [3.05, 3.63) is 63.6 Å². The number of benzene rings is 2. The molecule has 2 aromatic rings. The van der Waals surface area contributed by atoms with Gasteiger partial charge < -0.3 is 15.6 Å². The fourth-order valence-electron chi connectivity index (χ4n) is 4.54. The lowest BCUT2D eigenvalue weighted by molar-refractivity contribution is -0.155. The highest BCUT2D eigenvalue weighted by atomic mass is 35.5. The summed E-state index contributed by atoms with van der Waals surface area (Å²) < 4.78 is 5.76. The van der Waals surface area contributed by atoms with Gasteiger partial charge in [0.05, 0.1) is 11.5 Å². The molecule has 188 valence electrons. The monoisotopic (exact) mass is 520 g/mol. The lowest BCUT2D eigenvalue weighted by Crippen LogP contribution is -2.50. The average molecular weight is 521 g/mol. The summed E-state index contributed by atoms with van der Waals surface area (Å²) in [6.07, 6.45) is 0.979. The van der Waals surface area contributed by atoms with E-state index in [9.17, 15) is 19.5 Å². The van der Waals surface area contributed by atoms with Crippen molar-refractivity contribution in [1.82, 2.24) is 5.32 Å². The van der Waals surface area contributed by atoms with Crippen LogP contribution in [-0.2, 0) is 27.4 Å². The number of carboxylic acid groups (broad SMARTS) is 1. The summed E-state index contributed by atoms with van der Waals surface area (Å²) in [5.74, 6) is -2.01. The van der Waals surface area contributed by atoms with Crippen LogP contribution in [0, 0.1) is 16.7 Å². The number of nitrogens with two attached hydrogens (primary N) is 1. The first-order valence-electron chi connectivity index (χ1n) is 11.3. The van der Waals surface area contributed by atoms with Gasteiger partial charge in [0.2, 0.25) is 11.8 Å². The highest BCUT2D eigenvalue weighted by Crippen LogP contribution is 2.56. The van der Waals surface area contributed by atoms with Gasteiger partial charge >= 0.3 is 5.97 Å². The number of aliphatic carboxylic acids is 1. The lowest BCUT2D eigenvalue weighted by atomic mass is 9.65. The van der Waals surface area contributed by atoms with Crippen molar-refractivity contribution in [2.24, 2.45) is 22.5 Å². The van der Waals surface area contributed by atoms with Gasteiger partial charge in [-0.3, -0.25) is 19.7 Å². The number of carbonyl (C=O) groups is 3. The molecule has 0 heterocycles. The Labute approximate surface area is 214 Å². The maximum Gasteiger partial charge on any atom is 0.309 e. The average Bonchev–Trinajstić information content (AvgIpc) is 3.04. The molecule has 9 heteroatoms. The van der Waals surface area contributed by atoms with Crippen molar-refractivity contribution in [1.29, 1.82) is 0 Å². The summed E-state index contributed by atoms with van der Waals surface area (Å²) in [6.45, 7) is 5.37. The molecular formula is C26H30Cl2N2O5. The van der Waals surface area contributed by atoms with Gasteiger partial charge in [-0.1, -0.05) is 55.2 Å². The Morgan fingerprint density at radius 1 is 1.11 bits per heavy atom. The first-order valence-corrected chi connectivity index (χ1v) is 12.1. The van der Waals surface area contributed by atoms with Crippen molar-refractivity contribution in [3.8, 4) is 5.75 Å². The van der Waals surface area contributed by atoms with E-state index in [1.165, 1.54) is 0 Å². The molecule has 1 aliphatic carbocycles. The molecule has 3 rings (SSSR count). The number of hydrogen-bond acceptors (Lipinski definition) is 5. The first-order chi connectivity index (χ1) is 16.4. The molecular weight excluding hydrogens is 491 g/mol. The lowest BCUT2D eigenvalue weighted by Gasteiger charge is -2.37. The van der Waals surface area contributed by atoms with Gasteiger partial charge in [0.15, 0.2) is 0 Å². The zero-order valence-corrected chi connectivity index (χ0v) is 21.4. The SMILES string of the molecule is CC1(C(=O)O)CCC(C(=O)NC(=O)[C@@H](N)Cc2ccc(OCc3c(Cl)cccc3Cl)cc2)C1(C)C. The molecule has 0 aromatic heterocycles. The van der Waals surface area contributed by atoms with Gasteiger partial charge in [-0.2, -0.15) is 0 Å². The van der Waals surface area contributed by atoms with Crippen molar-refractivity contribution in [2.75, 3.05) is 0 Å². The first kappa shape index (κ1) is 27.0. The molecule has 0 saturated heterocycles. The fourth-order valence-corrected chi connectivity index (χ4v) is 5.04. The van der Waals surface area contributed by atoms with E-state index in [0.29, 0.717) is 34.2 Å². The summed E-state index contributed by atoms with van der Waals surface area (Å²) >= 11 is 12.3. The molecule has 0 aliphatic heterocycles. The van der Waals surface area contributed by atoms with Gasteiger partial charge in [0.25, 0.3) is 0 Å². The number of imide groups is 1. The maximum atomic E-state index is 12.8. The van der Waals surface area contributed by atoms with Gasteiger partial charge in [0.1, 0.15) is 12.4 Å². The van der Waals surface area contributed by atoms with Crippen LogP contribution in [0.3, 0.4) is 0 Å². The van der Waals surface area contributed by atoms with Crippen molar-refractivity contribution >= 4 is 41.0 Å². The fraction of sp³-hybridized carbons (Fsp3) is 0.423. The number of ether oxygens (including phenoxy) is 1. The third-order valence-electron chi connectivity index (χ3n) is 7.42. The molecule has 1 aliphatic rings. The Kier molecular flexibility index (Phi) is 8.14. The molecule has 3 atom stereocenters. The molecule has 2 aromatic carbocycles. The van der Waals surface area contributed by atoms with Gasteiger partial charge in [-0.05, 0) is 61.4 Å². The zero-order valence-electron chi connectivity index (χ0n) is 19.9. The molecule has 35 heavy (non-hydrogen) atoms. The van der Waals surface area contributed by atoms with E-state index < -0.39 is 40.6 Å². The third kappa shape index (κ3) is 5.63. The van der Waals surface area contributed by atoms with Gasteiger partial charge in [-0.25, -0.2) is 0 Å². The molecule has 4 N–H and O–H groups in total. The number of amides is 2. The standard InChI is InChI=1S/C26H30Cl2N2O5/c1-25(2)18(11-12-26(25,3)24(33)34)22(31)30-23(32)21(29)13-15-7-9-16(10-8-15)35-14-17-19(27)5-4-6-20(17)28/h4-10,18,21H,11-14,29H2,1-3H3,(H,33,34)(H,30,31,32)/t18?,21-,26?/m0/s1. The van der Waals surface area contributed by atoms with Crippen LogP contribution in [-0.4, -0.2) is 28.9 Å². The number of hydrogen-bond donors (Lipinski definition) is 3. The third-order valence-corrected chi connectivity index (χ3v) is 8.13. The summed E-state index contributed by atoms with van der Waals surface area (Å²) in [5.41, 5.74) is 5.69. The number of carboxylic acids is 1. The minimum Gasteiger partial charge on any atom is -0.489 e. The Morgan fingerprint density at radius 3 is 2.26 bits per heavy atom. The number of halogens is 2. The summed E-state index contributed by atoms with van der Waals surface area (Å²) in [6, 6.07) is 11.4. The predicted octanol–water partition coefficient (Wildman–Crippen LogP) is 4.61. The van der Waals surface area contributed by atoms with Crippen LogP contribution < -0.4 is 15.8 Å². The second-order valence-corrected chi connectivity index (χ2v) is 10.6. The van der Waals surface area contributed by atoms with Gasteiger partial charge in [-0.15, -0.1) is 0 Å². The second kappa shape index (κ2) is 10.6. The number of carbonyl (C=O) groups excluding carboxylic acids is 2. The minimum absolute atomic E-state index is 0.209. The highest BCUT2D eigenvalue weighted by Gasteiger charge is 2.58. The van der Waals surface area contributed by atoms with E-state index in [2.05, 4.69) is 5.32 Å². The molecule has 2 unspecified atom stereocenters. The molecule has 1 fully saturated rings. The predicted molar refractivity (Wildman–Crippen MR) is 134 cm³/mol. The van der Waals surface area contributed by atoms with Crippen LogP contribution in [0.4, 0.5) is 0 Å². The second-order valence-electron chi connectivity index (χ2n) is 9.75. The van der Waals surface area contributed by atoms with Crippen LogP contribution >= 0.6 is 23.2 Å². The summed E-state index contributed by atoms with van der Waals surface area (Å²) in [4.78, 5) is 37.2. The minimum atomic E-state index is -1.04. The summed E-state index contributed by atoms with van der Waals surface area (Å²) in [5, 5.41) is 13.1. The normalized spacial score (nSPS) is 21.8. The highest BCUT2D eigenvalue weighted by molar-refractivity contribution is 6.35. The Bertz CT molecular complexity index is 1100. The van der Waals surface area contributed by atoms with Gasteiger partial charge in [0, 0.05) is 21.5 Å². The quantitative estimate of drug-likeness (QED) is 0.467. The molecule has 1 saturated carbocycles. The van der Waals surface area contributed by atoms with Crippen LogP contribution in [0.15, 0.2) is 42.5 Å². The van der Waals surface area contributed by atoms with E-state index in [-0.39, 0.29) is 13.0 Å². The van der Waals surface area contributed by atoms with Crippen LogP contribution in [0.1, 0.15) is 44.7 Å². The smallest absolute Gasteiger partial charge is 0.309 e. The van der Waals surface area contributed by atoms with Crippen molar-refractivity contribution in [3.63, 3.8) is 0 Å². The molecule has 0 spiro atoms. The number of rotatable bonds is 8. The summed E-state index contributed by atoms with van der Waals surface area (Å²) in [7, 11) is 0. The van der Waals surface area contributed by atoms with E-state index in [1.54, 1.807) is 63.2 Å². The molecule has 7 nitrogen and oxygen atoms in total. The van der Waals surface area contributed by atoms with Crippen LogP contribution in [0.2, 0.25) is 10.0 Å². The Balaban J connectivity index is 1.55. The molecule has 0 bridgehead atoms. The van der Waals surface area contributed by atoms with E-state index in [0.717, 1.165) is 5.56 Å². The topological polar surface area (TPSA) is 119 Å². The van der Waals surface area contributed by atoms with Crippen molar-refractivity contribution < 1.29 is 24.2 Å². The van der Waals surface area contributed by atoms with Crippen molar-refractivity contribution in [2.45, 2.75) is 52.7 Å². The van der Waals surface area contributed by atoms with E-state index >= 15 is 0 Å². The molecule has 0 radical (unpaired) electrons. The largest absolute Gasteiger partial charge is 0.489 e. The van der Waals surface area contributed by atoms with E-state index in [1.807, 2.05) is 0 Å². The number of nitrogens with one attached hydrogen (secondary N) is 1. The van der Waals surface area contributed by atoms with Crippen LogP contribution in [0.25, 0.3) is 0 Å². The van der Waals surface area contributed by atoms with Crippen LogP contribution in [0.5, 0.6) is 5.75 Å².